The third kappa shape index (κ3) is 18.5. The molecule has 0 aromatic heterocycles. The van der Waals surface area contributed by atoms with Crippen LogP contribution >= 0.6 is 8.81 Å². The third-order valence-electron chi connectivity index (χ3n) is 6.28. The van der Waals surface area contributed by atoms with Gasteiger partial charge >= 0.3 is 0 Å². The van der Waals surface area contributed by atoms with E-state index >= 15 is 0 Å². The monoisotopic (exact) mass is 410 g/mol. The van der Waals surface area contributed by atoms with Crippen LogP contribution in [0.5, 0.6) is 0 Å². The fourth-order valence-electron chi connectivity index (χ4n) is 4.26. The summed E-state index contributed by atoms with van der Waals surface area (Å²) in [5.41, 5.74) is 0. The van der Waals surface area contributed by atoms with E-state index in [2.05, 4.69) is 27.4 Å². The zero-order chi connectivity index (χ0) is 20.9. The number of rotatable bonds is 22. The maximum Gasteiger partial charge on any atom is 0.0699 e. The average Bonchev–Trinajstić information content (AvgIpc) is 2.69. The van der Waals surface area contributed by atoms with Crippen molar-refractivity contribution in [3.05, 3.63) is 0 Å². The Morgan fingerprint density at radius 3 is 1.54 bits per heavy atom. The van der Waals surface area contributed by atoms with Gasteiger partial charge in [-0.05, 0) is 19.5 Å². The van der Waals surface area contributed by atoms with Crippen LogP contribution in [0.15, 0.2) is 0 Å². The first-order valence-corrected chi connectivity index (χ1v) is 14.1. The summed E-state index contributed by atoms with van der Waals surface area (Å²) in [4.78, 5) is 0. The molecule has 0 aliphatic heterocycles. The van der Waals surface area contributed by atoms with Crippen LogP contribution in [0.2, 0.25) is 5.82 Å². The first kappa shape index (κ1) is 28.5. The normalized spacial score (nSPS) is 15.3. The van der Waals surface area contributed by atoms with Gasteiger partial charge in [-0.15, -0.1) is 0 Å². The Hall–Kier alpha value is 0.455. The van der Waals surface area contributed by atoms with Gasteiger partial charge in [0.05, 0.1) is 14.0 Å². The van der Waals surface area contributed by atoms with E-state index in [4.69, 9.17) is 12.4 Å². The molecule has 0 bridgehead atoms. The molecule has 1 nitrogen and oxygen atoms in total. The van der Waals surface area contributed by atoms with Crippen molar-refractivity contribution in [1.82, 2.24) is 0 Å². The Labute approximate surface area is 182 Å². The van der Waals surface area contributed by atoms with E-state index in [1.807, 2.05) is 0 Å². The molecule has 0 spiro atoms. The fraction of sp³-hybridized carbons (Fsp3) is 1.00. The van der Waals surface area contributed by atoms with Crippen LogP contribution in [0.1, 0.15) is 136 Å². The number of hydrogen-bond acceptors (Lipinski definition) is 1. The predicted molar refractivity (Wildman–Crippen MR) is 132 cm³/mol. The van der Waals surface area contributed by atoms with Crippen LogP contribution in [0.3, 0.4) is 0 Å². The smallest absolute Gasteiger partial charge is 0.0699 e. The quantitative estimate of drug-likeness (QED) is 0.0981. The molecular weight excluding hydrogens is 358 g/mol. The van der Waals surface area contributed by atoms with Crippen LogP contribution in [0.25, 0.3) is 0 Å². The molecule has 2 radical (unpaired) electrons. The molecule has 166 valence electrons. The SMILES string of the molecule is [B]C(CCCCCCCCCCCCCCCCC)CC(CC)C(C)OPC. The maximum atomic E-state index is 6.39. The standard InChI is InChI=1S/C25H52BOP/c1-5-7-8-9-10-11-12-13-14-15-16-17-18-19-20-21-25(26)22-24(6-2)23(3)27-28-4/h23-25,28H,5-22H2,1-4H3. The van der Waals surface area contributed by atoms with E-state index in [0.717, 1.165) is 6.42 Å². The lowest BCUT2D eigenvalue weighted by Crippen LogP contribution is -2.19. The molecule has 0 aliphatic rings. The molecule has 0 aromatic carbocycles. The molecule has 0 heterocycles. The first-order valence-electron chi connectivity index (χ1n) is 12.7. The lowest BCUT2D eigenvalue weighted by atomic mass is 9.75. The summed E-state index contributed by atoms with van der Waals surface area (Å²) in [6, 6.07) is 0. The molecule has 0 amide bonds. The van der Waals surface area contributed by atoms with E-state index in [1.165, 1.54) is 109 Å². The van der Waals surface area contributed by atoms with Crippen molar-refractivity contribution < 1.29 is 4.52 Å². The minimum absolute atomic E-state index is 0.359. The zero-order valence-electron chi connectivity index (χ0n) is 19.9. The summed E-state index contributed by atoms with van der Waals surface area (Å²) in [6.45, 7) is 8.88. The molecular formula is C25H52BOP. The highest BCUT2D eigenvalue weighted by Gasteiger charge is 2.18. The maximum absolute atomic E-state index is 6.39. The molecule has 3 heteroatoms. The summed E-state index contributed by atoms with van der Waals surface area (Å²) in [5.74, 6) is 0.983. The Morgan fingerprint density at radius 1 is 0.714 bits per heavy atom. The summed E-state index contributed by atoms with van der Waals surface area (Å²) in [5, 5.41) is 0. The van der Waals surface area contributed by atoms with Crippen molar-refractivity contribution in [3.63, 3.8) is 0 Å². The number of unbranched alkanes of at least 4 members (excludes halogenated alkanes) is 14. The number of hydrogen-bond donors (Lipinski definition) is 0. The van der Waals surface area contributed by atoms with Gasteiger partial charge in [-0.25, -0.2) is 0 Å². The second kappa shape index (κ2) is 22.1. The Bertz CT molecular complexity index is 300. The topological polar surface area (TPSA) is 9.23 Å². The van der Waals surface area contributed by atoms with Gasteiger partial charge < -0.3 is 4.52 Å². The molecule has 0 rings (SSSR count). The minimum Gasteiger partial charge on any atom is -0.360 e. The van der Waals surface area contributed by atoms with Crippen molar-refractivity contribution in [2.75, 3.05) is 6.66 Å². The van der Waals surface area contributed by atoms with Gasteiger partial charge in [-0.1, -0.05) is 135 Å². The van der Waals surface area contributed by atoms with E-state index < -0.39 is 0 Å². The van der Waals surface area contributed by atoms with Crippen molar-refractivity contribution in [2.45, 2.75) is 148 Å². The zero-order valence-corrected chi connectivity index (χ0v) is 20.9. The predicted octanol–water partition coefficient (Wildman–Crippen LogP) is 9.25. The van der Waals surface area contributed by atoms with Gasteiger partial charge in [-0.3, -0.25) is 0 Å². The molecule has 0 aliphatic carbocycles. The minimum atomic E-state index is 0.359. The van der Waals surface area contributed by atoms with Gasteiger partial charge in [0.2, 0.25) is 0 Å². The summed E-state index contributed by atoms with van der Waals surface area (Å²) in [6.07, 6.45) is 25.2. The molecule has 4 atom stereocenters. The lowest BCUT2D eigenvalue weighted by molar-refractivity contribution is 0.162. The largest absolute Gasteiger partial charge is 0.360 e. The van der Waals surface area contributed by atoms with Gasteiger partial charge in [0.15, 0.2) is 0 Å². The molecule has 0 aromatic rings. The van der Waals surface area contributed by atoms with Gasteiger partial charge in [0.1, 0.15) is 0 Å². The highest BCUT2D eigenvalue weighted by atomic mass is 31.1. The first-order chi connectivity index (χ1) is 13.7. The van der Waals surface area contributed by atoms with Gasteiger partial charge in [-0.2, -0.15) is 0 Å². The van der Waals surface area contributed by atoms with Crippen molar-refractivity contribution >= 4 is 16.7 Å². The van der Waals surface area contributed by atoms with Crippen molar-refractivity contribution in [2.24, 2.45) is 5.92 Å². The van der Waals surface area contributed by atoms with E-state index in [0.29, 0.717) is 26.6 Å². The molecule has 4 unspecified atom stereocenters. The average molecular weight is 410 g/mol. The second-order valence-corrected chi connectivity index (χ2v) is 9.57. The second-order valence-electron chi connectivity index (χ2n) is 8.93. The van der Waals surface area contributed by atoms with Crippen LogP contribution in [-0.2, 0) is 4.52 Å². The molecule has 0 saturated heterocycles. The summed E-state index contributed by atoms with van der Waals surface area (Å²) in [7, 11) is 6.97. The molecule has 0 saturated carbocycles. The van der Waals surface area contributed by atoms with Crippen LogP contribution in [-0.4, -0.2) is 20.6 Å². The molecule has 0 N–H and O–H groups in total. The Kier molecular flexibility index (Phi) is 22.5. The lowest BCUT2D eigenvalue weighted by Gasteiger charge is -2.25. The van der Waals surface area contributed by atoms with Crippen LogP contribution in [0.4, 0.5) is 0 Å². The van der Waals surface area contributed by atoms with Gasteiger partial charge in [0.25, 0.3) is 0 Å². The van der Waals surface area contributed by atoms with Crippen LogP contribution < -0.4 is 0 Å². The summed E-state index contributed by atoms with van der Waals surface area (Å²) >= 11 is 0. The molecule has 0 fully saturated rings. The highest BCUT2D eigenvalue weighted by Crippen LogP contribution is 2.29. The van der Waals surface area contributed by atoms with Crippen molar-refractivity contribution in [3.8, 4) is 0 Å². The van der Waals surface area contributed by atoms with Crippen molar-refractivity contribution in [1.29, 1.82) is 0 Å². The fourth-order valence-corrected chi connectivity index (χ4v) is 4.82. The van der Waals surface area contributed by atoms with E-state index in [-0.39, 0.29) is 0 Å². The summed E-state index contributed by atoms with van der Waals surface area (Å²) < 4.78 is 5.80. The van der Waals surface area contributed by atoms with E-state index in [1.54, 1.807) is 0 Å². The van der Waals surface area contributed by atoms with Crippen LogP contribution in [0, 0.1) is 5.92 Å². The Balaban J connectivity index is 3.36. The Morgan fingerprint density at radius 2 is 1.14 bits per heavy atom. The van der Waals surface area contributed by atoms with E-state index in [9.17, 15) is 0 Å². The van der Waals surface area contributed by atoms with Gasteiger partial charge in [0, 0.05) is 8.81 Å². The molecule has 28 heavy (non-hydrogen) atoms. The highest BCUT2D eigenvalue weighted by molar-refractivity contribution is 7.31. The third-order valence-corrected chi connectivity index (χ3v) is 6.88.